The summed E-state index contributed by atoms with van der Waals surface area (Å²) in [5, 5.41) is 2.49. The number of nitrogens with zero attached hydrogens (tertiary/aromatic N) is 1. The summed E-state index contributed by atoms with van der Waals surface area (Å²) >= 11 is 0. The molecule has 1 heterocycles. The SMILES string of the molecule is CCCc1cc(NC=O)ccc1F.Cc1cccnc1C. The van der Waals surface area contributed by atoms with Gasteiger partial charge in [-0.15, -0.1) is 0 Å². The van der Waals surface area contributed by atoms with Gasteiger partial charge in [0.2, 0.25) is 6.41 Å². The van der Waals surface area contributed by atoms with Crippen molar-refractivity contribution in [1.29, 1.82) is 0 Å². The molecule has 0 aliphatic rings. The van der Waals surface area contributed by atoms with Crippen LogP contribution in [0.5, 0.6) is 0 Å². The summed E-state index contributed by atoms with van der Waals surface area (Å²) in [6.45, 7) is 6.05. The third kappa shape index (κ3) is 5.73. The number of anilines is 1. The van der Waals surface area contributed by atoms with Crippen LogP contribution in [0.1, 0.15) is 30.2 Å². The standard InChI is InChI=1S/C10H12FNO.C7H9N/c1-2-3-8-6-9(12-7-13)4-5-10(8)11;1-6-4-3-5-8-7(6)2/h4-7H,2-3H2,1H3,(H,12,13);3-5H,1-2H3. The van der Waals surface area contributed by atoms with Crippen molar-refractivity contribution in [3.8, 4) is 0 Å². The van der Waals surface area contributed by atoms with E-state index in [0.29, 0.717) is 24.1 Å². The number of nitrogens with one attached hydrogen (secondary N) is 1. The van der Waals surface area contributed by atoms with Crippen molar-refractivity contribution in [2.24, 2.45) is 0 Å². The number of aromatic nitrogens is 1. The molecule has 2 rings (SSSR count). The number of aryl methyl sites for hydroxylation is 3. The molecular formula is C17H21FN2O. The first-order valence-corrected chi connectivity index (χ1v) is 6.95. The van der Waals surface area contributed by atoms with Gasteiger partial charge in [-0.25, -0.2) is 4.39 Å². The molecule has 1 N–H and O–H groups in total. The fraction of sp³-hybridized carbons (Fsp3) is 0.294. The van der Waals surface area contributed by atoms with Crippen molar-refractivity contribution < 1.29 is 9.18 Å². The summed E-state index contributed by atoms with van der Waals surface area (Å²) in [6, 6.07) is 8.58. The molecule has 0 bridgehead atoms. The van der Waals surface area contributed by atoms with Crippen LogP contribution >= 0.6 is 0 Å². The molecular weight excluding hydrogens is 267 g/mol. The maximum atomic E-state index is 13.1. The number of carbonyl (C=O) groups is 1. The quantitative estimate of drug-likeness (QED) is 0.863. The lowest BCUT2D eigenvalue weighted by atomic mass is 10.1. The van der Waals surface area contributed by atoms with Crippen LogP contribution in [0.15, 0.2) is 36.5 Å². The number of carbonyl (C=O) groups excluding carboxylic acids is 1. The second-order valence-corrected chi connectivity index (χ2v) is 4.72. The minimum absolute atomic E-state index is 0.210. The maximum Gasteiger partial charge on any atom is 0.211 e. The van der Waals surface area contributed by atoms with Gasteiger partial charge in [-0.3, -0.25) is 9.78 Å². The molecule has 0 saturated carbocycles. The summed E-state index contributed by atoms with van der Waals surface area (Å²) in [6.07, 6.45) is 3.98. The highest BCUT2D eigenvalue weighted by Gasteiger charge is 2.01. The molecule has 1 aromatic carbocycles. The highest BCUT2D eigenvalue weighted by atomic mass is 19.1. The first kappa shape index (κ1) is 16.8. The molecule has 112 valence electrons. The Morgan fingerprint density at radius 2 is 2.05 bits per heavy atom. The molecule has 4 heteroatoms. The number of amides is 1. The average molecular weight is 288 g/mol. The van der Waals surface area contributed by atoms with E-state index in [0.717, 1.165) is 12.1 Å². The van der Waals surface area contributed by atoms with E-state index in [1.807, 2.05) is 26.1 Å². The maximum absolute atomic E-state index is 13.1. The zero-order valence-electron chi connectivity index (χ0n) is 12.7. The van der Waals surface area contributed by atoms with E-state index in [9.17, 15) is 9.18 Å². The van der Waals surface area contributed by atoms with Gasteiger partial charge in [0.1, 0.15) is 5.82 Å². The van der Waals surface area contributed by atoms with Crippen LogP contribution in [0, 0.1) is 19.7 Å². The predicted octanol–water partition coefficient (Wildman–Crippen LogP) is 4.04. The first-order valence-electron chi connectivity index (χ1n) is 6.95. The smallest absolute Gasteiger partial charge is 0.211 e. The van der Waals surface area contributed by atoms with E-state index in [1.165, 1.54) is 11.6 Å². The van der Waals surface area contributed by atoms with Crippen LogP contribution in [0.2, 0.25) is 0 Å². The van der Waals surface area contributed by atoms with E-state index in [4.69, 9.17) is 0 Å². The zero-order valence-corrected chi connectivity index (χ0v) is 12.7. The number of rotatable bonds is 4. The second-order valence-electron chi connectivity index (χ2n) is 4.72. The Balaban J connectivity index is 0.000000235. The van der Waals surface area contributed by atoms with E-state index >= 15 is 0 Å². The van der Waals surface area contributed by atoms with Gasteiger partial charge in [0, 0.05) is 17.6 Å². The summed E-state index contributed by atoms with van der Waals surface area (Å²) in [7, 11) is 0. The van der Waals surface area contributed by atoms with Crippen molar-refractivity contribution >= 4 is 12.1 Å². The predicted molar refractivity (Wildman–Crippen MR) is 83.8 cm³/mol. The van der Waals surface area contributed by atoms with Crippen molar-refractivity contribution in [2.75, 3.05) is 5.32 Å². The second kappa shape index (κ2) is 8.84. The van der Waals surface area contributed by atoms with Crippen molar-refractivity contribution in [3.63, 3.8) is 0 Å². The molecule has 0 unspecified atom stereocenters. The summed E-state index contributed by atoms with van der Waals surface area (Å²) < 4.78 is 13.1. The number of benzene rings is 1. The minimum atomic E-state index is -0.210. The lowest BCUT2D eigenvalue weighted by molar-refractivity contribution is -0.105. The van der Waals surface area contributed by atoms with Crippen molar-refractivity contribution in [1.82, 2.24) is 4.98 Å². The molecule has 0 aliphatic carbocycles. The van der Waals surface area contributed by atoms with Gasteiger partial charge in [0.15, 0.2) is 0 Å². The lowest BCUT2D eigenvalue weighted by Gasteiger charge is -2.04. The Bertz CT molecular complexity index is 564. The van der Waals surface area contributed by atoms with E-state index in [1.54, 1.807) is 12.1 Å². The summed E-state index contributed by atoms with van der Waals surface area (Å²) in [5.74, 6) is -0.210. The molecule has 21 heavy (non-hydrogen) atoms. The summed E-state index contributed by atoms with van der Waals surface area (Å²) in [5.41, 5.74) is 3.66. The molecule has 1 amide bonds. The van der Waals surface area contributed by atoms with Crippen LogP contribution in [-0.4, -0.2) is 11.4 Å². The highest BCUT2D eigenvalue weighted by Crippen LogP contribution is 2.15. The van der Waals surface area contributed by atoms with Gasteiger partial charge in [0.25, 0.3) is 0 Å². The molecule has 2 aromatic rings. The van der Waals surface area contributed by atoms with Gasteiger partial charge >= 0.3 is 0 Å². The topological polar surface area (TPSA) is 42.0 Å². The third-order valence-corrected chi connectivity index (χ3v) is 3.06. The average Bonchev–Trinajstić information content (AvgIpc) is 2.47. The monoisotopic (exact) mass is 288 g/mol. The van der Waals surface area contributed by atoms with Crippen LogP contribution in [0.4, 0.5) is 10.1 Å². The van der Waals surface area contributed by atoms with Crippen LogP contribution in [0.25, 0.3) is 0 Å². The van der Waals surface area contributed by atoms with Gasteiger partial charge in [-0.2, -0.15) is 0 Å². The van der Waals surface area contributed by atoms with E-state index < -0.39 is 0 Å². The van der Waals surface area contributed by atoms with Gasteiger partial charge in [-0.1, -0.05) is 19.4 Å². The van der Waals surface area contributed by atoms with Crippen LogP contribution in [-0.2, 0) is 11.2 Å². The molecule has 0 aliphatic heterocycles. The van der Waals surface area contributed by atoms with Crippen LogP contribution < -0.4 is 5.32 Å². The molecule has 0 saturated heterocycles. The Morgan fingerprint density at radius 3 is 2.57 bits per heavy atom. The first-order chi connectivity index (χ1) is 10.1. The Labute approximate surface area is 125 Å². The Morgan fingerprint density at radius 1 is 1.29 bits per heavy atom. The van der Waals surface area contributed by atoms with Gasteiger partial charge in [-0.05, 0) is 55.7 Å². The fourth-order valence-electron chi connectivity index (χ4n) is 1.76. The number of halogens is 1. The van der Waals surface area contributed by atoms with Crippen molar-refractivity contribution in [3.05, 3.63) is 59.2 Å². The number of hydrogen-bond donors (Lipinski definition) is 1. The summed E-state index contributed by atoms with van der Waals surface area (Å²) in [4.78, 5) is 14.2. The number of pyridine rings is 1. The normalized spacial score (nSPS) is 9.52. The molecule has 0 atom stereocenters. The minimum Gasteiger partial charge on any atom is -0.329 e. The lowest BCUT2D eigenvalue weighted by Crippen LogP contribution is -1.96. The van der Waals surface area contributed by atoms with E-state index in [2.05, 4.69) is 23.3 Å². The molecule has 0 spiro atoms. The van der Waals surface area contributed by atoms with Gasteiger partial charge < -0.3 is 5.32 Å². The molecule has 1 aromatic heterocycles. The highest BCUT2D eigenvalue weighted by molar-refractivity contribution is 5.71. The molecule has 0 radical (unpaired) electrons. The van der Waals surface area contributed by atoms with Gasteiger partial charge in [0.05, 0.1) is 0 Å². The molecule has 0 fully saturated rings. The Kier molecular flexibility index (Phi) is 7.09. The largest absolute Gasteiger partial charge is 0.329 e. The Hall–Kier alpha value is -2.23. The number of hydrogen-bond acceptors (Lipinski definition) is 2. The third-order valence-electron chi connectivity index (χ3n) is 3.06. The van der Waals surface area contributed by atoms with Crippen molar-refractivity contribution in [2.45, 2.75) is 33.6 Å². The van der Waals surface area contributed by atoms with E-state index in [-0.39, 0.29) is 5.82 Å². The zero-order chi connectivity index (χ0) is 15.7. The fourth-order valence-corrected chi connectivity index (χ4v) is 1.76. The molecule has 3 nitrogen and oxygen atoms in total. The van der Waals surface area contributed by atoms with Crippen LogP contribution in [0.3, 0.4) is 0 Å².